The molecule has 4 aromatic carbocycles. The number of halogens is 1. The Morgan fingerprint density at radius 2 is 1.58 bits per heavy atom. The predicted octanol–water partition coefficient (Wildman–Crippen LogP) is 5.20. The number of nitrogens with zero attached hydrogens (tertiary/aromatic N) is 4. The zero-order chi connectivity index (χ0) is 34.9. The Morgan fingerprint density at radius 3 is 2.26 bits per heavy atom. The van der Waals surface area contributed by atoms with Gasteiger partial charge in [-0.3, -0.25) is 15.0 Å². The third-order valence-electron chi connectivity index (χ3n) is 10.3. The fourth-order valence-electron chi connectivity index (χ4n) is 8.10. The monoisotopic (exact) mass is 733 g/mol. The van der Waals surface area contributed by atoms with Crippen molar-refractivity contribution < 1.29 is 19.4 Å². The Balaban J connectivity index is 1.40. The fraction of sp³-hybridized carbons (Fsp3) is 0.211. The van der Waals surface area contributed by atoms with Crippen LogP contribution >= 0.6 is 15.9 Å². The van der Waals surface area contributed by atoms with Crippen molar-refractivity contribution in [2.45, 2.75) is 37.3 Å². The number of methoxy groups -OCH3 is 1. The third kappa shape index (κ3) is 4.47. The number of imide groups is 1. The number of para-hydroxylation sites is 1. The summed E-state index contributed by atoms with van der Waals surface area (Å²) < 4.78 is 9.87. The molecule has 12 heteroatoms. The van der Waals surface area contributed by atoms with Gasteiger partial charge in [0.15, 0.2) is 11.5 Å². The number of rotatable bonds is 6. The van der Waals surface area contributed by atoms with E-state index in [4.69, 9.17) is 4.74 Å². The van der Waals surface area contributed by atoms with Crippen LogP contribution in [0.1, 0.15) is 35.1 Å². The van der Waals surface area contributed by atoms with E-state index in [1.807, 2.05) is 55.5 Å². The number of phenolic OH excluding ortho intramolecular Hbond substituents is 1. The molecule has 2 fully saturated rings. The van der Waals surface area contributed by atoms with Gasteiger partial charge in [0, 0.05) is 5.92 Å². The Labute approximate surface area is 294 Å². The SMILES string of the molecule is COc1cc(C2C3=CCn4c(=O)n(-c5ccccc5)c(=O)n4C3CC3C(=O)N(Nc4ccc(C)cc4)C(=O)C32c2ccccc2)cc(Br)c1O. The fourth-order valence-corrected chi connectivity index (χ4v) is 8.56. The molecule has 3 heterocycles. The lowest BCUT2D eigenvalue weighted by Crippen LogP contribution is -2.53. The van der Waals surface area contributed by atoms with Crippen LogP contribution in [0.2, 0.25) is 0 Å². The summed E-state index contributed by atoms with van der Waals surface area (Å²) in [5, 5.41) is 11.9. The summed E-state index contributed by atoms with van der Waals surface area (Å²) >= 11 is 3.48. The lowest BCUT2D eigenvalue weighted by Gasteiger charge is -2.49. The third-order valence-corrected chi connectivity index (χ3v) is 10.9. The molecule has 5 aromatic rings. The first-order valence-electron chi connectivity index (χ1n) is 16.2. The first kappa shape index (κ1) is 31.6. The van der Waals surface area contributed by atoms with E-state index in [1.165, 1.54) is 16.5 Å². The number of carbonyl (C=O) groups is 2. The van der Waals surface area contributed by atoms with Crippen LogP contribution in [-0.4, -0.2) is 43.0 Å². The van der Waals surface area contributed by atoms with Crippen LogP contribution in [0, 0.1) is 12.8 Å². The second-order valence-corrected chi connectivity index (χ2v) is 13.7. The zero-order valence-corrected chi connectivity index (χ0v) is 28.7. The lowest BCUT2D eigenvalue weighted by molar-refractivity contribution is -0.138. The molecule has 4 unspecified atom stereocenters. The maximum atomic E-state index is 15.3. The number of benzene rings is 4. The molecule has 2 amide bonds. The van der Waals surface area contributed by atoms with Gasteiger partial charge >= 0.3 is 11.4 Å². The predicted molar refractivity (Wildman–Crippen MR) is 189 cm³/mol. The first-order valence-corrected chi connectivity index (χ1v) is 17.0. The molecule has 252 valence electrons. The quantitative estimate of drug-likeness (QED) is 0.181. The molecule has 8 rings (SSSR count). The number of hydrogen-bond donors (Lipinski definition) is 2. The van der Waals surface area contributed by atoms with Gasteiger partial charge in [-0.25, -0.2) is 23.5 Å². The summed E-state index contributed by atoms with van der Waals surface area (Å²) in [5.41, 5.74) is 4.49. The number of phenols is 1. The van der Waals surface area contributed by atoms with Gasteiger partial charge in [0.05, 0.1) is 46.9 Å². The van der Waals surface area contributed by atoms with Crippen LogP contribution in [0.3, 0.4) is 0 Å². The highest BCUT2D eigenvalue weighted by atomic mass is 79.9. The molecule has 1 aliphatic carbocycles. The van der Waals surface area contributed by atoms with E-state index in [-0.39, 0.29) is 24.5 Å². The average Bonchev–Trinajstić information content (AvgIpc) is 3.51. The molecule has 0 bridgehead atoms. The number of anilines is 1. The highest BCUT2D eigenvalue weighted by Crippen LogP contribution is 2.62. The number of nitrogens with one attached hydrogen (secondary N) is 1. The highest BCUT2D eigenvalue weighted by Gasteiger charge is 2.68. The van der Waals surface area contributed by atoms with E-state index in [1.54, 1.807) is 54.6 Å². The van der Waals surface area contributed by atoms with Crippen LogP contribution in [0.4, 0.5) is 5.69 Å². The van der Waals surface area contributed by atoms with E-state index < -0.39 is 46.5 Å². The largest absolute Gasteiger partial charge is 0.503 e. The van der Waals surface area contributed by atoms with Gasteiger partial charge < -0.3 is 9.84 Å². The van der Waals surface area contributed by atoms with E-state index in [0.29, 0.717) is 32.5 Å². The number of aryl methyl sites for hydroxylation is 1. The van der Waals surface area contributed by atoms with E-state index in [0.717, 1.165) is 15.1 Å². The average molecular weight is 735 g/mol. The Hall–Kier alpha value is -5.62. The number of hydrazine groups is 1. The van der Waals surface area contributed by atoms with Crippen LogP contribution < -0.4 is 21.5 Å². The highest BCUT2D eigenvalue weighted by molar-refractivity contribution is 9.10. The molecular formula is C38H32BrN5O6. The van der Waals surface area contributed by atoms with E-state index >= 15 is 4.79 Å². The van der Waals surface area contributed by atoms with Crippen LogP contribution in [0.15, 0.2) is 123 Å². The van der Waals surface area contributed by atoms with Crippen LogP contribution in [0.5, 0.6) is 11.5 Å². The van der Waals surface area contributed by atoms with Crippen molar-refractivity contribution in [2.24, 2.45) is 5.92 Å². The molecule has 2 N–H and O–H groups in total. The van der Waals surface area contributed by atoms with Crippen molar-refractivity contribution in [3.63, 3.8) is 0 Å². The Kier molecular flexibility index (Phi) is 7.44. The summed E-state index contributed by atoms with van der Waals surface area (Å²) in [6.45, 7) is 2.02. The molecule has 11 nitrogen and oxygen atoms in total. The van der Waals surface area contributed by atoms with Gasteiger partial charge in [-0.1, -0.05) is 72.3 Å². The molecule has 2 aliphatic heterocycles. The number of carbonyl (C=O) groups excluding carboxylic acids is 2. The number of amides is 2. The van der Waals surface area contributed by atoms with E-state index in [2.05, 4.69) is 21.4 Å². The Bertz CT molecular complexity index is 2330. The van der Waals surface area contributed by atoms with Gasteiger partial charge in [0.1, 0.15) is 0 Å². The topological polar surface area (TPSA) is 128 Å². The zero-order valence-electron chi connectivity index (χ0n) is 27.1. The smallest absolute Gasteiger partial charge is 0.352 e. The molecule has 1 saturated carbocycles. The lowest BCUT2D eigenvalue weighted by atomic mass is 9.53. The number of hydrogen-bond acceptors (Lipinski definition) is 7. The number of allylic oxidation sites excluding steroid dienone is 2. The second kappa shape index (κ2) is 11.8. The first-order chi connectivity index (χ1) is 24.2. The maximum absolute atomic E-state index is 15.3. The van der Waals surface area contributed by atoms with Crippen molar-refractivity contribution in [1.29, 1.82) is 0 Å². The summed E-state index contributed by atoms with van der Waals surface area (Å²) in [6, 6.07) is 28.0. The van der Waals surface area contributed by atoms with Crippen molar-refractivity contribution in [3.8, 4) is 17.2 Å². The van der Waals surface area contributed by atoms with E-state index in [9.17, 15) is 19.5 Å². The molecular weight excluding hydrogens is 702 g/mol. The molecule has 0 radical (unpaired) electrons. The standard InChI is InChI=1S/C38H32BrN5O6/c1-22-13-15-25(16-14-22)40-43-34(46)28-21-30-27(17-18-41-36(48)42(37(49)44(30)41)26-11-7-4-8-12-26)32(23-19-29(39)33(45)31(20-23)50-2)38(28,35(43)47)24-9-5-3-6-10-24/h3-17,19-20,28,30,32,40,45H,18,21H2,1-2H3. The summed E-state index contributed by atoms with van der Waals surface area (Å²) in [7, 11) is 1.44. The summed E-state index contributed by atoms with van der Waals surface area (Å²) in [6.07, 6.45) is 1.97. The molecule has 50 heavy (non-hydrogen) atoms. The van der Waals surface area contributed by atoms with Crippen LogP contribution in [-0.2, 0) is 21.5 Å². The van der Waals surface area contributed by atoms with Gasteiger partial charge in [-0.2, -0.15) is 5.01 Å². The van der Waals surface area contributed by atoms with Gasteiger partial charge in [-0.15, -0.1) is 0 Å². The van der Waals surface area contributed by atoms with Crippen molar-refractivity contribution in [3.05, 3.63) is 151 Å². The van der Waals surface area contributed by atoms with Crippen LogP contribution in [0.25, 0.3) is 5.69 Å². The normalized spacial score (nSPS) is 22.4. The number of ether oxygens (including phenoxy) is 1. The number of aromatic nitrogens is 3. The van der Waals surface area contributed by atoms with Crippen molar-refractivity contribution >= 4 is 33.4 Å². The second-order valence-electron chi connectivity index (χ2n) is 12.8. The minimum Gasteiger partial charge on any atom is -0.503 e. The molecule has 1 saturated heterocycles. The number of fused-ring (bicyclic) bond motifs is 4. The van der Waals surface area contributed by atoms with Gasteiger partial charge in [0.2, 0.25) is 0 Å². The number of aromatic hydroxyl groups is 1. The summed E-state index contributed by atoms with van der Waals surface area (Å²) in [5.74, 6) is -2.64. The molecule has 3 aliphatic rings. The Morgan fingerprint density at radius 1 is 0.900 bits per heavy atom. The maximum Gasteiger partial charge on any atom is 0.352 e. The summed E-state index contributed by atoms with van der Waals surface area (Å²) in [4.78, 5) is 58.1. The van der Waals surface area contributed by atoms with Crippen molar-refractivity contribution in [1.82, 2.24) is 18.9 Å². The molecule has 0 spiro atoms. The van der Waals surface area contributed by atoms with Gasteiger partial charge in [0.25, 0.3) is 11.8 Å². The van der Waals surface area contributed by atoms with Gasteiger partial charge in [-0.05, 0) is 82.4 Å². The minimum absolute atomic E-state index is 0.0651. The molecule has 1 aromatic heterocycles. The van der Waals surface area contributed by atoms with Crippen molar-refractivity contribution in [2.75, 3.05) is 12.5 Å². The minimum atomic E-state index is -1.48. The molecule has 4 atom stereocenters.